The van der Waals surface area contributed by atoms with Crippen molar-refractivity contribution in [2.45, 2.75) is 51.6 Å². The zero-order chi connectivity index (χ0) is 17.5. The van der Waals surface area contributed by atoms with Crippen LogP contribution in [0.5, 0.6) is 0 Å². The number of piperazine rings is 1. The fraction of sp³-hybridized carbons (Fsp3) is 0.947. The Hall–Kier alpha value is -0.650. The lowest BCUT2D eigenvalue weighted by Gasteiger charge is -2.34. The summed E-state index contributed by atoms with van der Waals surface area (Å²) < 4.78 is 0. The maximum Gasteiger partial charge on any atom is 0.222 e. The molecule has 0 aromatic carbocycles. The van der Waals surface area contributed by atoms with Gasteiger partial charge in [0.2, 0.25) is 5.91 Å². The van der Waals surface area contributed by atoms with Gasteiger partial charge in [-0.2, -0.15) is 0 Å². The number of hydrogen-bond acceptors (Lipinski definition) is 4. The molecule has 1 saturated carbocycles. The monoisotopic (exact) mass is 339 g/mol. The molecule has 5 nitrogen and oxygen atoms in total. The van der Waals surface area contributed by atoms with E-state index in [1.807, 2.05) is 7.05 Å². The van der Waals surface area contributed by atoms with Crippen LogP contribution in [0.4, 0.5) is 0 Å². The highest BCUT2D eigenvalue weighted by atomic mass is 16.3. The van der Waals surface area contributed by atoms with Crippen LogP contribution >= 0.6 is 0 Å². The van der Waals surface area contributed by atoms with E-state index in [1.165, 1.54) is 32.1 Å². The zero-order valence-electron chi connectivity index (χ0n) is 15.9. The first kappa shape index (κ1) is 19.7. The average molecular weight is 340 g/mol. The molecule has 1 N–H and O–H groups in total. The Labute approximate surface area is 148 Å². The molecule has 5 heteroatoms. The van der Waals surface area contributed by atoms with Gasteiger partial charge in [-0.05, 0) is 18.9 Å². The minimum Gasteiger partial charge on any atom is -0.390 e. The van der Waals surface area contributed by atoms with Crippen molar-refractivity contribution >= 4 is 5.91 Å². The summed E-state index contributed by atoms with van der Waals surface area (Å²) in [4.78, 5) is 18.8. The zero-order valence-corrected chi connectivity index (χ0v) is 15.9. The second-order valence-electron chi connectivity index (χ2n) is 8.11. The molecule has 0 spiro atoms. The van der Waals surface area contributed by atoms with E-state index in [-0.39, 0.29) is 5.91 Å². The van der Waals surface area contributed by atoms with Crippen molar-refractivity contribution in [1.29, 1.82) is 0 Å². The van der Waals surface area contributed by atoms with E-state index in [1.54, 1.807) is 4.90 Å². The number of amides is 1. The van der Waals surface area contributed by atoms with Gasteiger partial charge in [0.25, 0.3) is 0 Å². The SMILES string of the molecule is CC(CC(=O)N(C)CC(O)CN1CCN(C)CC1)C1CCCCC1. The molecule has 2 atom stereocenters. The molecule has 140 valence electrons. The van der Waals surface area contributed by atoms with E-state index in [0.29, 0.717) is 31.3 Å². The average Bonchev–Trinajstić information content (AvgIpc) is 2.57. The summed E-state index contributed by atoms with van der Waals surface area (Å²) >= 11 is 0. The minimum atomic E-state index is -0.452. The molecule has 1 aliphatic carbocycles. The van der Waals surface area contributed by atoms with Crippen LogP contribution in [0, 0.1) is 11.8 Å². The van der Waals surface area contributed by atoms with Crippen molar-refractivity contribution in [3.05, 3.63) is 0 Å². The number of hydrogen-bond donors (Lipinski definition) is 1. The molecule has 0 aromatic heterocycles. The van der Waals surface area contributed by atoms with E-state index >= 15 is 0 Å². The number of rotatable bonds is 7. The van der Waals surface area contributed by atoms with Gasteiger partial charge in [0, 0.05) is 52.7 Å². The van der Waals surface area contributed by atoms with Gasteiger partial charge < -0.3 is 14.9 Å². The van der Waals surface area contributed by atoms with Gasteiger partial charge in [-0.25, -0.2) is 0 Å². The second kappa shape index (κ2) is 9.73. The molecule has 2 unspecified atom stereocenters. The quantitative estimate of drug-likeness (QED) is 0.766. The Morgan fingerprint density at radius 1 is 1.17 bits per heavy atom. The highest BCUT2D eigenvalue weighted by Gasteiger charge is 2.24. The van der Waals surface area contributed by atoms with Gasteiger partial charge in [0.05, 0.1) is 6.10 Å². The first-order valence-corrected chi connectivity index (χ1v) is 9.78. The normalized spacial score (nSPS) is 23.8. The third-order valence-electron chi connectivity index (χ3n) is 5.93. The molecule has 2 rings (SSSR count). The van der Waals surface area contributed by atoms with E-state index in [4.69, 9.17) is 0 Å². The van der Waals surface area contributed by atoms with Crippen LogP contribution in [0.3, 0.4) is 0 Å². The van der Waals surface area contributed by atoms with Crippen molar-refractivity contribution in [2.75, 3.05) is 53.4 Å². The lowest BCUT2D eigenvalue weighted by Crippen LogP contribution is -2.49. The Kier molecular flexibility index (Phi) is 7.98. The maximum atomic E-state index is 12.5. The van der Waals surface area contributed by atoms with Crippen LogP contribution in [-0.2, 0) is 4.79 Å². The first-order valence-electron chi connectivity index (χ1n) is 9.78. The number of β-amino-alcohol motifs (C(OH)–C–C–N with tert-alkyl or cyclic N) is 1. The Bertz CT molecular complexity index is 377. The topological polar surface area (TPSA) is 47.0 Å². The standard InChI is InChI=1S/C19H37N3O2/c1-16(17-7-5-4-6-8-17)13-19(24)21(3)14-18(23)15-22-11-9-20(2)10-12-22/h16-18,23H,4-15H2,1-3H3. The number of aliphatic hydroxyl groups is 1. The molecule has 1 heterocycles. The van der Waals surface area contributed by atoms with Gasteiger partial charge in [0.15, 0.2) is 0 Å². The molecule has 1 aliphatic heterocycles. The van der Waals surface area contributed by atoms with E-state index in [9.17, 15) is 9.90 Å². The maximum absolute atomic E-state index is 12.5. The highest BCUT2D eigenvalue weighted by Crippen LogP contribution is 2.31. The summed E-state index contributed by atoms with van der Waals surface area (Å²) in [5.74, 6) is 1.37. The predicted molar refractivity (Wildman–Crippen MR) is 97.9 cm³/mol. The molecule has 2 fully saturated rings. The summed E-state index contributed by atoms with van der Waals surface area (Å²) in [7, 11) is 3.97. The Morgan fingerprint density at radius 3 is 2.42 bits per heavy atom. The lowest BCUT2D eigenvalue weighted by atomic mass is 9.79. The van der Waals surface area contributed by atoms with Gasteiger partial charge in [-0.3, -0.25) is 9.69 Å². The van der Waals surface area contributed by atoms with Gasteiger partial charge in [0.1, 0.15) is 0 Å². The lowest BCUT2D eigenvalue weighted by molar-refractivity contribution is -0.132. The predicted octanol–water partition coefficient (Wildman–Crippen LogP) is 1.66. The summed E-state index contributed by atoms with van der Waals surface area (Å²) in [5, 5.41) is 10.3. The fourth-order valence-electron chi connectivity index (χ4n) is 4.11. The van der Waals surface area contributed by atoms with Crippen LogP contribution in [-0.4, -0.2) is 85.2 Å². The summed E-state index contributed by atoms with van der Waals surface area (Å²) in [6.07, 6.45) is 6.74. The van der Waals surface area contributed by atoms with Crippen molar-refractivity contribution in [3.8, 4) is 0 Å². The van der Waals surface area contributed by atoms with Gasteiger partial charge in [-0.15, -0.1) is 0 Å². The van der Waals surface area contributed by atoms with E-state index in [0.717, 1.165) is 26.2 Å². The highest BCUT2D eigenvalue weighted by molar-refractivity contribution is 5.76. The summed E-state index contributed by atoms with van der Waals surface area (Å²) in [6.45, 7) is 7.46. The molecule has 0 aromatic rings. The van der Waals surface area contributed by atoms with E-state index in [2.05, 4.69) is 23.8 Å². The first-order chi connectivity index (χ1) is 11.5. The minimum absolute atomic E-state index is 0.186. The number of carbonyl (C=O) groups excluding carboxylic acids is 1. The van der Waals surface area contributed by atoms with Crippen LogP contribution in [0.15, 0.2) is 0 Å². The largest absolute Gasteiger partial charge is 0.390 e. The van der Waals surface area contributed by atoms with E-state index < -0.39 is 6.10 Å². The number of carbonyl (C=O) groups is 1. The molecular weight excluding hydrogens is 302 g/mol. The van der Waals surface area contributed by atoms with Gasteiger partial charge >= 0.3 is 0 Å². The summed E-state index contributed by atoms with van der Waals surface area (Å²) in [6, 6.07) is 0. The van der Waals surface area contributed by atoms with Crippen LogP contribution in [0.25, 0.3) is 0 Å². The number of likely N-dealkylation sites (N-methyl/N-ethyl adjacent to an activating group) is 2. The third kappa shape index (κ3) is 6.34. The molecule has 2 aliphatic rings. The fourth-order valence-corrected chi connectivity index (χ4v) is 4.11. The third-order valence-corrected chi connectivity index (χ3v) is 5.93. The molecule has 1 saturated heterocycles. The number of nitrogens with zero attached hydrogens (tertiary/aromatic N) is 3. The van der Waals surface area contributed by atoms with Crippen molar-refractivity contribution in [2.24, 2.45) is 11.8 Å². The second-order valence-corrected chi connectivity index (χ2v) is 8.11. The Balaban J connectivity index is 1.68. The van der Waals surface area contributed by atoms with Crippen molar-refractivity contribution < 1.29 is 9.90 Å². The number of aliphatic hydroxyl groups excluding tert-OH is 1. The smallest absolute Gasteiger partial charge is 0.222 e. The molecule has 1 amide bonds. The van der Waals surface area contributed by atoms with Crippen LogP contribution in [0.1, 0.15) is 45.4 Å². The van der Waals surface area contributed by atoms with Crippen molar-refractivity contribution in [1.82, 2.24) is 14.7 Å². The van der Waals surface area contributed by atoms with Crippen molar-refractivity contribution in [3.63, 3.8) is 0 Å². The summed E-state index contributed by atoms with van der Waals surface area (Å²) in [5.41, 5.74) is 0. The van der Waals surface area contributed by atoms with Crippen LogP contribution in [0.2, 0.25) is 0 Å². The molecule has 0 radical (unpaired) electrons. The Morgan fingerprint density at radius 2 is 1.79 bits per heavy atom. The van der Waals surface area contributed by atoms with Gasteiger partial charge in [-0.1, -0.05) is 39.0 Å². The molecule has 24 heavy (non-hydrogen) atoms. The molecule has 0 bridgehead atoms. The molecular formula is C19H37N3O2. The van der Waals surface area contributed by atoms with Crippen LogP contribution < -0.4 is 0 Å².